The first-order valence-electron chi connectivity index (χ1n) is 0. The first-order chi connectivity index (χ1) is 0. The molecule has 0 nitrogen and oxygen atoms in total. The molecule has 0 rings (SSSR count). The van der Waals surface area contributed by atoms with E-state index in [1.165, 1.54) is 0 Å². The molecule has 0 saturated heterocycles. The molecule has 6 heteroatoms. The van der Waals surface area contributed by atoms with Gasteiger partial charge in [0.25, 0.3) is 0 Å². The van der Waals surface area contributed by atoms with Crippen molar-refractivity contribution in [3.8, 4) is 0 Å². The molecule has 2 radical (unpaired) electrons. The molecule has 6 heavy (non-hydrogen) atoms. The van der Waals surface area contributed by atoms with Gasteiger partial charge in [-0.15, -0.1) is 0 Å². The molecule has 0 fully saturated rings. The van der Waals surface area contributed by atoms with Gasteiger partial charge in [0.1, 0.15) is 0 Å². The van der Waals surface area contributed by atoms with Crippen LogP contribution < -0.4 is 120 Å². The summed E-state index contributed by atoms with van der Waals surface area (Å²) in [7, 11) is 0. The van der Waals surface area contributed by atoms with E-state index in [1.807, 2.05) is 0 Å². The first kappa shape index (κ1) is 47.0. The normalized spacial score (nSPS) is 0. The summed E-state index contributed by atoms with van der Waals surface area (Å²) < 4.78 is 0. The van der Waals surface area contributed by atoms with Crippen LogP contribution in [0.2, 0.25) is 0 Å². The molecule has 0 heterocycles. The zero-order valence-electron chi connectivity index (χ0n) is 2.34. The van der Waals surface area contributed by atoms with E-state index >= 15 is 0 Å². The molecule has 0 aliphatic heterocycles. The molecular formula is I5Sb-2. The topological polar surface area (TPSA) is 0 Å². The van der Waals surface area contributed by atoms with Crippen molar-refractivity contribution in [2.24, 2.45) is 0 Å². The average molecular weight is 756 g/mol. The summed E-state index contributed by atoms with van der Waals surface area (Å²) in [6, 6.07) is 0. The van der Waals surface area contributed by atoms with Crippen molar-refractivity contribution in [3.05, 3.63) is 0 Å². The Morgan fingerprint density at radius 2 is 0.333 bits per heavy atom. The van der Waals surface area contributed by atoms with Crippen molar-refractivity contribution in [2.75, 3.05) is 0 Å². The summed E-state index contributed by atoms with van der Waals surface area (Å²) in [6.07, 6.45) is 0. The van der Waals surface area contributed by atoms with Crippen molar-refractivity contribution in [3.63, 3.8) is 0 Å². The minimum atomic E-state index is 0. The van der Waals surface area contributed by atoms with Crippen LogP contribution in [0.3, 0.4) is 0 Å². The standard InChI is InChI=1S/5HI.Sb/h5*1H;/q;;;;;+3/p-5. The van der Waals surface area contributed by atoms with Gasteiger partial charge < -0.3 is 120 Å². The van der Waals surface area contributed by atoms with Crippen LogP contribution in [0, 0.1) is 0 Å². The van der Waals surface area contributed by atoms with Gasteiger partial charge in [0.15, 0.2) is 0 Å². The maximum absolute atomic E-state index is 0. The minimum Gasteiger partial charge on any atom is -1.00 e. The Kier molecular flexibility index (Phi) is 266. The second-order valence-electron chi connectivity index (χ2n) is 0. The summed E-state index contributed by atoms with van der Waals surface area (Å²) in [5.74, 6) is 0. The maximum atomic E-state index is 0. The predicted molar refractivity (Wildman–Crippen MR) is 5.75 cm³/mol. The zero-order valence-corrected chi connectivity index (χ0v) is 15.7. The largest absolute Gasteiger partial charge is 3.00 e. The molecule has 0 unspecified atom stereocenters. The van der Waals surface area contributed by atoms with Crippen LogP contribution in [0.25, 0.3) is 0 Å². The molecule has 0 saturated carbocycles. The first-order valence-corrected chi connectivity index (χ1v) is 0. The third-order valence-electron chi connectivity index (χ3n) is 0. The molecule has 42 valence electrons. The van der Waals surface area contributed by atoms with E-state index in [-0.39, 0.29) is 144 Å². The van der Waals surface area contributed by atoms with Gasteiger partial charge in [-0.1, -0.05) is 0 Å². The zero-order chi connectivity index (χ0) is 0. The van der Waals surface area contributed by atoms with Crippen LogP contribution in [-0.2, 0) is 0 Å². The van der Waals surface area contributed by atoms with Crippen LogP contribution in [0.15, 0.2) is 0 Å². The molecule has 0 aliphatic rings. The van der Waals surface area contributed by atoms with Crippen molar-refractivity contribution in [1.82, 2.24) is 0 Å². The third kappa shape index (κ3) is 23.7. The van der Waals surface area contributed by atoms with Gasteiger partial charge in [-0.05, 0) is 0 Å². The van der Waals surface area contributed by atoms with Gasteiger partial charge in [-0.2, -0.15) is 0 Å². The van der Waals surface area contributed by atoms with E-state index in [2.05, 4.69) is 0 Å². The van der Waals surface area contributed by atoms with Crippen molar-refractivity contribution >= 4 is 24.4 Å². The summed E-state index contributed by atoms with van der Waals surface area (Å²) in [5.41, 5.74) is 0. The fourth-order valence-corrected chi connectivity index (χ4v) is 0. The van der Waals surface area contributed by atoms with E-state index < -0.39 is 0 Å². The van der Waals surface area contributed by atoms with Crippen molar-refractivity contribution in [2.45, 2.75) is 0 Å². The molecule has 0 spiro atoms. The molecular weight excluding hydrogens is 756 g/mol. The smallest absolute Gasteiger partial charge is 1.00 e. The third-order valence-corrected chi connectivity index (χ3v) is 0. The van der Waals surface area contributed by atoms with Crippen LogP contribution >= 0.6 is 0 Å². The summed E-state index contributed by atoms with van der Waals surface area (Å²) in [4.78, 5) is 0. The van der Waals surface area contributed by atoms with Gasteiger partial charge in [0, 0.05) is 0 Å². The SMILES string of the molecule is [I-].[I-].[I-].[I-].[I-].[Sb+3]. The van der Waals surface area contributed by atoms with Gasteiger partial charge in [0.2, 0.25) is 0 Å². The monoisotopic (exact) mass is 755 g/mol. The van der Waals surface area contributed by atoms with E-state index in [0.717, 1.165) is 0 Å². The Morgan fingerprint density at radius 1 is 0.333 bits per heavy atom. The minimum absolute atomic E-state index is 0. The van der Waals surface area contributed by atoms with E-state index in [1.54, 1.807) is 0 Å². The fourth-order valence-electron chi connectivity index (χ4n) is 0. The quantitative estimate of drug-likeness (QED) is 0.171. The summed E-state index contributed by atoms with van der Waals surface area (Å²) in [5, 5.41) is 0. The number of hydrogen-bond donors (Lipinski definition) is 0. The van der Waals surface area contributed by atoms with E-state index in [9.17, 15) is 0 Å². The van der Waals surface area contributed by atoms with Crippen LogP contribution in [0.1, 0.15) is 0 Å². The van der Waals surface area contributed by atoms with Crippen LogP contribution in [-0.4, -0.2) is 24.4 Å². The van der Waals surface area contributed by atoms with Crippen LogP contribution in [0.4, 0.5) is 0 Å². The van der Waals surface area contributed by atoms with E-state index in [0.29, 0.717) is 0 Å². The van der Waals surface area contributed by atoms with Crippen molar-refractivity contribution < 1.29 is 120 Å². The molecule has 0 aromatic rings. The second kappa shape index (κ2) is 34.0. The van der Waals surface area contributed by atoms with E-state index in [4.69, 9.17) is 0 Å². The molecule has 0 aliphatic carbocycles. The summed E-state index contributed by atoms with van der Waals surface area (Å²) >= 11 is 0. The molecule has 0 aromatic heterocycles. The van der Waals surface area contributed by atoms with Crippen molar-refractivity contribution in [1.29, 1.82) is 0 Å². The summed E-state index contributed by atoms with van der Waals surface area (Å²) in [6.45, 7) is 0. The van der Waals surface area contributed by atoms with Gasteiger partial charge in [0.05, 0.1) is 0 Å². The van der Waals surface area contributed by atoms with Gasteiger partial charge in [-0.25, -0.2) is 0 Å². The average Bonchev–Trinajstić information content (AvgIpc) is 0. The number of halogens is 5. The molecule has 0 amide bonds. The Morgan fingerprint density at radius 3 is 0.333 bits per heavy atom. The Hall–Kier alpha value is 4.47. The molecule has 0 aromatic carbocycles. The Labute approximate surface area is 141 Å². The van der Waals surface area contributed by atoms with Gasteiger partial charge in [-0.3, -0.25) is 0 Å². The molecule has 0 N–H and O–H groups in total. The van der Waals surface area contributed by atoms with Crippen LogP contribution in [0.5, 0.6) is 0 Å². The molecule has 0 atom stereocenters. The number of rotatable bonds is 0. The predicted octanol–water partition coefficient (Wildman–Crippen LogP) is -15.4. The second-order valence-corrected chi connectivity index (χ2v) is 0. The van der Waals surface area contributed by atoms with Gasteiger partial charge >= 0.3 is 24.4 Å². The fraction of sp³-hybridized carbons (Fsp3) is 0. The maximum Gasteiger partial charge on any atom is 3.00 e. The number of hydrogen-bond acceptors (Lipinski definition) is 0. The Bertz CT molecular complexity index is 3.90. The Balaban J connectivity index is 0. The molecule has 0 bridgehead atoms.